The van der Waals surface area contributed by atoms with E-state index in [2.05, 4.69) is 31.9 Å². The number of nitro groups is 2. The quantitative estimate of drug-likeness (QED) is 0.0104. The summed E-state index contributed by atoms with van der Waals surface area (Å²) >= 11 is 0. The Hall–Kier alpha value is -9.62. The summed E-state index contributed by atoms with van der Waals surface area (Å²) < 4.78 is 10.4. The number of Topliss-reactive ketones (excluding diaryl/α,β-unsaturated/α-hetero) is 1. The molecule has 3 aromatic rings. The van der Waals surface area contributed by atoms with Crippen molar-refractivity contribution in [3.8, 4) is 11.5 Å². The number of nitrogens with one attached hydrogen (secondary N) is 6. The van der Waals surface area contributed by atoms with E-state index in [1.807, 2.05) is 0 Å². The van der Waals surface area contributed by atoms with E-state index in [-0.39, 0.29) is 49.9 Å². The number of nitrogens with two attached hydrogens (primary N) is 4. The third kappa shape index (κ3) is 17.7. The first-order valence-electron chi connectivity index (χ1n) is 25.5. The number of unbranched alkanes of at least 4 members (excludes halogenated alkanes) is 1. The van der Waals surface area contributed by atoms with Gasteiger partial charge in [-0.2, -0.15) is 0 Å². The first-order chi connectivity index (χ1) is 38.6. The summed E-state index contributed by atoms with van der Waals surface area (Å²) in [5.74, 6) is -13.2. The van der Waals surface area contributed by atoms with Gasteiger partial charge in [-0.3, -0.25) is 73.0 Å². The fourth-order valence-corrected chi connectivity index (χ4v) is 8.88. The third-order valence-electron chi connectivity index (χ3n) is 13.0. The first-order valence-corrected chi connectivity index (χ1v) is 25.5. The van der Waals surface area contributed by atoms with E-state index in [1.165, 1.54) is 40.0 Å². The number of methoxy groups -OCH3 is 1. The van der Waals surface area contributed by atoms with Crippen LogP contribution < -0.4 is 65.2 Å². The Labute approximate surface area is 465 Å². The maximum atomic E-state index is 14.0. The summed E-state index contributed by atoms with van der Waals surface area (Å²) in [7, 11) is 1.38. The second kappa shape index (κ2) is 29.6. The van der Waals surface area contributed by atoms with Gasteiger partial charge in [0.15, 0.2) is 17.1 Å². The maximum Gasteiger partial charge on any atom is 0.336 e. The normalized spacial score (nSPS) is 15.1. The molecular formula is C50H65N13O19. The largest absolute Gasteiger partial charge is 0.502 e. The lowest BCUT2D eigenvalue weighted by Gasteiger charge is -2.30. The van der Waals surface area contributed by atoms with Crippen LogP contribution in [0.25, 0.3) is 11.0 Å². The number of carbonyl (C=O) groups excluding carboxylic acids is 11. The minimum atomic E-state index is -1.82. The van der Waals surface area contributed by atoms with Gasteiger partial charge in [0.2, 0.25) is 59.1 Å². The van der Waals surface area contributed by atoms with Crippen LogP contribution in [0.2, 0.25) is 0 Å². The Morgan fingerprint density at radius 3 is 1.96 bits per heavy atom. The van der Waals surface area contributed by atoms with Crippen LogP contribution in [-0.4, -0.2) is 147 Å². The van der Waals surface area contributed by atoms with Crippen molar-refractivity contribution in [2.45, 2.75) is 127 Å². The van der Waals surface area contributed by atoms with Crippen LogP contribution in [0.15, 0.2) is 45.6 Å². The number of nitro benzene ring substituents is 2. The molecule has 10 amide bonds. The van der Waals surface area contributed by atoms with E-state index in [0.717, 1.165) is 11.0 Å². The monoisotopic (exact) mass is 1150 g/mol. The predicted molar refractivity (Wildman–Crippen MR) is 284 cm³/mol. The van der Waals surface area contributed by atoms with Crippen molar-refractivity contribution in [1.82, 2.24) is 36.8 Å². The average molecular weight is 1150 g/mol. The second-order valence-corrected chi connectivity index (χ2v) is 19.4. The number of rotatable bonds is 31. The number of phenols is 1. The van der Waals surface area contributed by atoms with Gasteiger partial charge in [0, 0.05) is 36.6 Å². The standard InChI is InChI=1S/C50H65N13O19/c1-23(2)42(60-45(71)29(12-15-36(52)65)58-47(73)30(21-37(53)66)56-39(68)18-25-19-40(69)82-35-20-26(81-4)10-11-27(25)35)49(75)59-31(22-38(54)67)46(72)55-24(3)50(76)61-17-7-9-33(61)48(74)57-28(8-5-6-16-51)44(70)41-32(62(77)78)13-14-34(64)43(41)63(79)80/h10-11,13-14,19-20,23-24,28-31,33,42,64H,5-9,12,15-18,21-22,51H2,1-4H3,(H2,52,65)(H2,53,66)(H2,54,67)(H,55,72)(H,56,68)(H,57,74)(H,58,73)(H,59,75)(H,60,71)/t24-,28-,29-,30-,31-,33-,42-/m0/s1. The Bertz CT molecular complexity index is 3060. The zero-order chi connectivity index (χ0) is 61.3. The molecule has 0 aliphatic carbocycles. The summed E-state index contributed by atoms with van der Waals surface area (Å²) in [5, 5.41) is 48.6. The van der Waals surface area contributed by atoms with E-state index in [0.29, 0.717) is 29.7 Å². The number of likely N-dealkylation sites (tertiary alicyclic amines) is 1. The van der Waals surface area contributed by atoms with Gasteiger partial charge in [-0.1, -0.05) is 13.8 Å². The van der Waals surface area contributed by atoms with Crippen molar-refractivity contribution in [2.24, 2.45) is 28.9 Å². The van der Waals surface area contributed by atoms with Crippen LogP contribution in [0.3, 0.4) is 0 Å². The molecule has 1 aliphatic rings. The number of carbonyl (C=O) groups is 11. The topological polar surface area (TPSA) is 513 Å². The van der Waals surface area contributed by atoms with E-state index in [4.69, 9.17) is 32.1 Å². The molecule has 0 saturated carbocycles. The van der Waals surface area contributed by atoms with E-state index >= 15 is 0 Å². The SMILES string of the molecule is COc1ccc2c(CC(=O)N[C@@H](CC(N)=O)C(=O)N[C@@H](CCC(N)=O)C(=O)N[C@H](C(=O)N[C@@H](CC(N)=O)C(=O)N[C@@H](C)C(=O)N3CCC[C@H]3C(=O)N[C@@H](CCCCN)C(=O)c3c([N+](=O)[O-])ccc(O)c3[N+](=O)[O-])C(C)C)cc(=O)oc2c1. The number of nitrogens with zero attached hydrogens (tertiary/aromatic N) is 3. The number of aromatic hydroxyl groups is 1. The highest BCUT2D eigenvalue weighted by molar-refractivity contribution is 6.09. The molecule has 32 heteroatoms. The summed E-state index contributed by atoms with van der Waals surface area (Å²) in [4.78, 5) is 182. The number of amides is 10. The minimum absolute atomic E-state index is 0.000448. The summed E-state index contributed by atoms with van der Waals surface area (Å²) in [6, 6.07) is -4.45. The molecule has 0 bridgehead atoms. The molecule has 0 spiro atoms. The second-order valence-electron chi connectivity index (χ2n) is 19.4. The molecule has 1 aromatic heterocycles. The number of ketones is 1. The number of fused-ring (bicyclic) bond motifs is 1. The zero-order valence-electron chi connectivity index (χ0n) is 45.0. The zero-order valence-corrected chi connectivity index (χ0v) is 45.0. The lowest BCUT2D eigenvalue weighted by atomic mass is 9.95. The van der Waals surface area contributed by atoms with Gasteiger partial charge in [0.05, 0.1) is 42.3 Å². The molecule has 2 heterocycles. The van der Waals surface area contributed by atoms with Crippen LogP contribution in [-0.2, 0) is 54.4 Å². The van der Waals surface area contributed by atoms with Crippen LogP contribution in [0.4, 0.5) is 11.4 Å². The Kier molecular flexibility index (Phi) is 23.4. The predicted octanol–water partition coefficient (Wildman–Crippen LogP) is -2.53. The fraction of sp³-hybridized carbons (Fsp3) is 0.480. The van der Waals surface area contributed by atoms with Crippen molar-refractivity contribution in [3.63, 3.8) is 0 Å². The lowest BCUT2D eigenvalue weighted by molar-refractivity contribution is -0.395. The molecule has 1 aliphatic heterocycles. The Morgan fingerprint density at radius 2 is 1.38 bits per heavy atom. The van der Waals surface area contributed by atoms with Crippen LogP contribution >= 0.6 is 0 Å². The lowest BCUT2D eigenvalue weighted by Crippen LogP contribution is -2.61. The van der Waals surface area contributed by atoms with Gasteiger partial charge in [0.1, 0.15) is 47.6 Å². The smallest absolute Gasteiger partial charge is 0.336 e. The van der Waals surface area contributed by atoms with Gasteiger partial charge in [-0.15, -0.1) is 0 Å². The van der Waals surface area contributed by atoms with Crippen molar-refractivity contribution < 1.29 is 76.8 Å². The first kappa shape index (κ1) is 64.9. The molecule has 444 valence electrons. The number of primary amides is 3. The number of benzene rings is 2. The molecule has 32 nitrogen and oxygen atoms in total. The molecular weight excluding hydrogens is 1090 g/mol. The number of hydrogen-bond donors (Lipinski definition) is 11. The third-order valence-corrected chi connectivity index (χ3v) is 13.0. The highest BCUT2D eigenvalue weighted by atomic mass is 16.6. The highest BCUT2D eigenvalue weighted by Gasteiger charge is 2.42. The van der Waals surface area contributed by atoms with E-state index in [9.17, 15) is 82.9 Å². The van der Waals surface area contributed by atoms with Crippen molar-refractivity contribution in [1.29, 1.82) is 0 Å². The minimum Gasteiger partial charge on any atom is -0.502 e. The summed E-state index contributed by atoms with van der Waals surface area (Å²) in [6.07, 6.45) is -2.77. The number of phenolic OH excluding ortho intramolecular Hbond substituents is 1. The van der Waals surface area contributed by atoms with Crippen molar-refractivity contribution in [3.05, 3.63) is 78.2 Å². The van der Waals surface area contributed by atoms with Gasteiger partial charge < -0.3 is 74.0 Å². The summed E-state index contributed by atoms with van der Waals surface area (Å²) in [6.45, 7) is 4.18. The molecule has 1 saturated heterocycles. The molecule has 7 atom stereocenters. The Balaban J connectivity index is 1.49. The van der Waals surface area contributed by atoms with Gasteiger partial charge in [0.25, 0.3) is 5.69 Å². The molecule has 0 radical (unpaired) electrons. The van der Waals surface area contributed by atoms with Gasteiger partial charge in [-0.05, 0) is 81.7 Å². The maximum absolute atomic E-state index is 14.0. The van der Waals surface area contributed by atoms with Crippen molar-refractivity contribution in [2.75, 3.05) is 20.2 Å². The van der Waals surface area contributed by atoms with Crippen molar-refractivity contribution >= 4 is 87.2 Å². The van der Waals surface area contributed by atoms with Crippen LogP contribution in [0.5, 0.6) is 11.5 Å². The molecule has 0 unspecified atom stereocenters. The van der Waals surface area contributed by atoms with Gasteiger partial charge >= 0.3 is 11.3 Å². The van der Waals surface area contributed by atoms with E-state index in [1.54, 1.807) is 6.07 Å². The van der Waals surface area contributed by atoms with E-state index < -0.39 is 183 Å². The molecule has 2 aromatic carbocycles. The molecule has 1 fully saturated rings. The molecule has 4 rings (SSSR count). The van der Waals surface area contributed by atoms with Crippen LogP contribution in [0.1, 0.15) is 94.5 Å². The Morgan fingerprint density at radius 1 is 0.756 bits per heavy atom. The van der Waals surface area contributed by atoms with Crippen LogP contribution in [0, 0.1) is 26.1 Å². The number of ether oxygens (including phenoxy) is 1. The summed E-state index contributed by atoms with van der Waals surface area (Å²) in [5.41, 5.74) is 17.9. The number of hydrogen-bond acceptors (Lipinski definition) is 20. The molecule has 15 N–H and O–H groups in total. The fourth-order valence-electron chi connectivity index (χ4n) is 8.88. The van der Waals surface area contributed by atoms with Gasteiger partial charge in [-0.25, -0.2) is 4.79 Å². The highest BCUT2D eigenvalue weighted by Crippen LogP contribution is 2.37. The molecule has 82 heavy (non-hydrogen) atoms. The average Bonchev–Trinajstić information content (AvgIpc) is 3.91.